The van der Waals surface area contributed by atoms with Gasteiger partial charge in [0.1, 0.15) is 18.2 Å². The van der Waals surface area contributed by atoms with Crippen molar-refractivity contribution in [2.24, 2.45) is 10.2 Å². The topological polar surface area (TPSA) is 59.6 Å². The Hall–Kier alpha value is -2.86. The Morgan fingerprint density at radius 2 is 2.04 bits per heavy atom. The lowest BCUT2D eigenvalue weighted by Crippen LogP contribution is -2.09. The fourth-order valence-electron chi connectivity index (χ4n) is 3.32. The molecule has 26 heavy (non-hydrogen) atoms. The van der Waals surface area contributed by atoms with Gasteiger partial charge in [0.05, 0.1) is 29.3 Å². The van der Waals surface area contributed by atoms with Gasteiger partial charge in [-0.2, -0.15) is 4.91 Å². The molecule has 0 unspecified atom stereocenters. The summed E-state index contributed by atoms with van der Waals surface area (Å²) < 4.78 is 16.4. The average molecular weight is 369 g/mol. The van der Waals surface area contributed by atoms with Crippen molar-refractivity contribution >= 4 is 17.3 Å². The van der Waals surface area contributed by atoms with E-state index in [9.17, 15) is 9.30 Å². The van der Waals surface area contributed by atoms with Crippen LogP contribution in [0.2, 0.25) is 5.02 Å². The molecule has 1 aromatic heterocycles. The van der Waals surface area contributed by atoms with Crippen molar-refractivity contribution in [3.05, 3.63) is 86.6 Å². The standard InChI is InChI=1S/C19H14ClFN4O/c1-11-24-16(9-23-26)18-10-22-19(13-4-2-3-5-15(13)21)14-8-12(20)6-7-17(14)25(11)18/h2-8H,9-10H2,1H3. The van der Waals surface area contributed by atoms with E-state index in [2.05, 4.69) is 15.2 Å². The van der Waals surface area contributed by atoms with E-state index >= 15 is 0 Å². The molecule has 1 aliphatic rings. The third kappa shape index (κ3) is 2.63. The largest absolute Gasteiger partial charge is 0.298 e. The normalized spacial score (nSPS) is 12.8. The maximum atomic E-state index is 14.4. The van der Waals surface area contributed by atoms with Crippen molar-refractivity contribution in [2.75, 3.05) is 0 Å². The maximum Gasteiger partial charge on any atom is 0.132 e. The van der Waals surface area contributed by atoms with Crippen molar-refractivity contribution in [1.29, 1.82) is 0 Å². The molecule has 0 aliphatic carbocycles. The quantitative estimate of drug-likeness (QED) is 0.635. The number of benzene rings is 2. The summed E-state index contributed by atoms with van der Waals surface area (Å²) in [4.78, 5) is 19.9. The number of hydrogen-bond acceptors (Lipinski definition) is 4. The summed E-state index contributed by atoms with van der Waals surface area (Å²) >= 11 is 6.21. The van der Waals surface area contributed by atoms with Gasteiger partial charge in [0.15, 0.2) is 0 Å². The Bertz CT molecular complexity index is 1060. The Morgan fingerprint density at radius 3 is 2.81 bits per heavy atom. The zero-order chi connectivity index (χ0) is 18.3. The Balaban J connectivity index is 2.01. The van der Waals surface area contributed by atoms with Crippen molar-refractivity contribution in [3.63, 3.8) is 0 Å². The van der Waals surface area contributed by atoms with Gasteiger partial charge in [-0.25, -0.2) is 9.37 Å². The molecular weight excluding hydrogens is 355 g/mol. The van der Waals surface area contributed by atoms with Gasteiger partial charge < -0.3 is 0 Å². The van der Waals surface area contributed by atoms with Crippen molar-refractivity contribution in [2.45, 2.75) is 20.0 Å². The molecule has 0 amide bonds. The van der Waals surface area contributed by atoms with Crippen LogP contribution in [0.25, 0.3) is 5.69 Å². The zero-order valence-corrected chi connectivity index (χ0v) is 14.7. The molecule has 4 rings (SSSR count). The summed E-state index contributed by atoms with van der Waals surface area (Å²) in [5, 5.41) is 3.50. The van der Waals surface area contributed by atoms with E-state index in [0.29, 0.717) is 33.4 Å². The molecule has 0 spiro atoms. The lowest BCUT2D eigenvalue weighted by Gasteiger charge is -2.14. The molecule has 0 saturated heterocycles. The molecule has 0 fully saturated rings. The van der Waals surface area contributed by atoms with Crippen LogP contribution >= 0.6 is 11.6 Å². The highest BCUT2D eigenvalue weighted by Crippen LogP contribution is 2.31. The number of halogens is 2. The third-order valence-electron chi connectivity index (χ3n) is 4.41. The van der Waals surface area contributed by atoms with E-state index in [0.717, 1.165) is 11.4 Å². The highest BCUT2D eigenvalue weighted by Gasteiger charge is 2.25. The van der Waals surface area contributed by atoms with Gasteiger partial charge in [0.25, 0.3) is 0 Å². The van der Waals surface area contributed by atoms with Crippen LogP contribution < -0.4 is 0 Å². The first-order valence-corrected chi connectivity index (χ1v) is 8.44. The first-order valence-electron chi connectivity index (χ1n) is 8.06. The highest BCUT2D eigenvalue weighted by molar-refractivity contribution is 6.31. The predicted molar refractivity (Wildman–Crippen MR) is 98.6 cm³/mol. The second kappa shape index (κ2) is 6.46. The molecule has 0 atom stereocenters. The number of aromatic nitrogens is 2. The summed E-state index contributed by atoms with van der Waals surface area (Å²) in [6.45, 7) is 2.09. The molecule has 3 aromatic rings. The van der Waals surface area contributed by atoms with Gasteiger partial charge >= 0.3 is 0 Å². The van der Waals surface area contributed by atoms with Gasteiger partial charge in [-0.3, -0.25) is 9.56 Å². The van der Waals surface area contributed by atoms with E-state index < -0.39 is 0 Å². The Morgan fingerprint density at radius 1 is 1.23 bits per heavy atom. The number of fused-ring (bicyclic) bond motifs is 3. The number of rotatable bonds is 3. The van der Waals surface area contributed by atoms with Gasteiger partial charge in [-0.1, -0.05) is 28.9 Å². The second-order valence-corrected chi connectivity index (χ2v) is 6.42. The fourth-order valence-corrected chi connectivity index (χ4v) is 3.49. The van der Waals surface area contributed by atoms with E-state index in [-0.39, 0.29) is 18.9 Å². The molecule has 5 nitrogen and oxygen atoms in total. The number of aliphatic imine (C=N–C) groups is 1. The van der Waals surface area contributed by atoms with Crippen LogP contribution in [0.3, 0.4) is 0 Å². The smallest absolute Gasteiger partial charge is 0.132 e. The molecule has 0 saturated carbocycles. The fraction of sp³-hybridized carbons (Fsp3) is 0.158. The van der Waals surface area contributed by atoms with Crippen LogP contribution in [0.15, 0.2) is 52.6 Å². The summed E-state index contributed by atoms with van der Waals surface area (Å²) in [5.41, 5.74) is 3.80. The van der Waals surface area contributed by atoms with E-state index in [1.165, 1.54) is 6.07 Å². The van der Waals surface area contributed by atoms with Crippen molar-refractivity contribution in [3.8, 4) is 5.69 Å². The Kier molecular flexibility index (Phi) is 4.12. The molecule has 130 valence electrons. The number of aryl methyl sites for hydroxylation is 1. The van der Waals surface area contributed by atoms with Crippen LogP contribution in [0.5, 0.6) is 0 Å². The lowest BCUT2D eigenvalue weighted by atomic mass is 10.00. The van der Waals surface area contributed by atoms with E-state index in [4.69, 9.17) is 11.6 Å². The van der Waals surface area contributed by atoms with E-state index in [1.807, 2.05) is 17.6 Å². The minimum atomic E-state index is -0.353. The van der Waals surface area contributed by atoms with Crippen LogP contribution in [0, 0.1) is 17.6 Å². The first kappa shape index (κ1) is 16.6. The average Bonchev–Trinajstić information content (AvgIpc) is 2.83. The third-order valence-corrected chi connectivity index (χ3v) is 4.64. The van der Waals surface area contributed by atoms with Gasteiger partial charge in [0.2, 0.25) is 0 Å². The van der Waals surface area contributed by atoms with Crippen molar-refractivity contribution in [1.82, 2.24) is 9.55 Å². The number of nitroso groups, excluding NO2 is 1. The summed E-state index contributed by atoms with van der Waals surface area (Å²) in [7, 11) is 0. The SMILES string of the molecule is Cc1nc(CN=O)c2n1-c1ccc(Cl)cc1C(c1ccccc1F)=NC2. The van der Waals surface area contributed by atoms with Crippen LogP contribution in [0.4, 0.5) is 4.39 Å². The Labute approximate surface area is 154 Å². The van der Waals surface area contributed by atoms with Crippen LogP contribution in [0.1, 0.15) is 28.3 Å². The first-order chi connectivity index (χ1) is 12.6. The molecule has 7 heteroatoms. The molecule has 2 heterocycles. The number of nitrogens with zero attached hydrogens (tertiary/aromatic N) is 4. The van der Waals surface area contributed by atoms with Gasteiger partial charge in [0, 0.05) is 16.1 Å². The van der Waals surface area contributed by atoms with Crippen molar-refractivity contribution < 1.29 is 4.39 Å². The molecule has 2 aromatic carbocycles. The highest BCUT2D eigenvalue weighted by atomic mass is 35.5. The minimum Gasteiger partial charge on any atom is -0.298 e. The number of imidazole rings is 1. The second-order valence-electron chi connectivity index (χ2n) is 5.98. The lowest BCUT2D eigenvalue weighted by molar-refractivity contribution is 0.625. The van der Waals surface area contributed by atoms with Gasteiger partial charge in [-0.05, 0) is 37.3 Å². The molecule has 0 radical (unpaired) electrons. The molecule has 0 N–H and O–H groups in total. The van der Waals surface area contributed by atoms with Crippen LogP contribution in [-0.2, 0) is 13.1 Å². The predicted octanol–water partition coefficient (Wildman–Crippen LogP) is 4.59. The van der Waals surface area contributed by atoms with Crippen LogP contribution in [-0.4, -0.2) is 15.3 Å². The summed E-state index contributed by atoms with van der Waals surface area (Å²) in [6, 6.07) is 11.9. The monoisotopic (exact) mass is 368 g/mol. The summed E-state index contributed by atoms with van der Waals surface area (Å²) in [6.07, 6.45) is 0. The maximum absolute atomic E-state index is 14.4. The molecular formula is C19H14ClFN4O. The number of hydrogen-bond donors (Lipinski definition) is 0. The van der Waals surface area contributed by atoms with E-state index in [1.54, 1.807) is 30.3 Å². The minimum absolute atomic E-state index is 0.0311. The molecule has 1 aliphatic heterocycles. The van der Waals surface area contributed by atoms with Gasteiger partial charge in [-0.15, -0.1) is 0 Å². The molecule has 0 bridgehead atoms. The summed E-state index contributed by atoms with van der Waals surface area (Å²) in [5.74, 6) is 0.362. The zero-order valence-electron chi connectivity index (χ0n) is 13.9.